The Hall–Kier alpha value is -2.30. The first kappa shape index (κ1) is 15.6. The molecule has 1 aromatic rings. The summed E-state index contributed by atoms with van der Waals surface area (Å²) in [4.78, 5) is 26.8. The van der Waals surface area contributed by atoms with Crippen LogP contribution in [0.4, 0.5) is 4.79 Å². The van der Waals surface area contributed by atoms with E-state index in [0.29, 0.717) is 13.0 Å². The molecule has 23 heavy (non-hydrogen) atoms. The first-order chi connectivity index (χ1) is 11.0. The van der Waals surface area contributed by atoms with Gasteiger partial charge in [-0.15, -0.1) is 0 Å². The van der Waals surface area contributed by atoms with Crippen molar-refractivity contribution >= 4 is 6.09 Å². The lowest BCUT2D eigenvalue weighted by atomic mass is 9.63. The maximum Gasteiger partial charge on any atom is 0.408 e. The minimum absolute atomic E-state index is 0.113. The van der Waals surface area contributed by atoms with Gasteiger partial charge in [0.2, 0.25) is 5.56 Å². The van der Waals surface area contributed by atoms with Crippen molar-refractivity contribution in [2.45, 2.75) is 39.2 Å². The van der Waals surface area contributed by atoms with Gasteiger partial charge >= 0.3 is 6.09 Å². The van der Waals surface area contributed by atoms with Crippen molar-refractivity contribution in [1.29, 1.82) is 0 Å². The van der Waals surface area contributed by atoms with Crippen LogP contribution in [0.5, 0.6) is 0 Å². The van der Waals surface area contributed by atoms with Crippen molar-refractivity contribution in [3.63, 3.8) is 0 Å². The van der Waals surface area contributed by atoms with E-state index in [4.69, 9.17) is 4.74 Å². The lowest BCUT2D eigenvalue weighted by molar-refractivity contribution is 0.138. The highest BCUT2D eigenvalue weighted by molar-refractivity contribution is 5.71. The third kappa shape index (κ3) is 2.50. The monoisotopic (exact) mass is 314 g/mol. The number of nitrogens with one attached hydrogen (secondary N) is 2. The summed E-state index contributed by atoms with van der Waals surface area (Å²) in [5.41, 5.74) is 3.50. The van der Waals surface area contributed by atoms with Crippen LogP contribution in [-0.2, 0) is 16.7 Å². The van der Waals surface area contributed by atoms with Crippen LogP contribution in [0.15, 0.2) is 40.2 Å². The second-order valence-electron chi connectivity index (χ2n) is 6.21. The standard InChI is InChI=1S/C18H22N2O3/c1-4-13-12-8-11(3)10-18(13,20-17(22)23-5-2)14-6-7-16(21)19-15(14)9-12/h4,6-8,12H,5,9-10H2,1-3H3,(H,19,21)(H,20,22)/t12-,18+/m0/s1. The molecule has 1 aromatic heterocycles. The number of pyridine rings is 1. The Labute approximate surface area is 135 Å². The summed E-state index contributed by atoms with van der Waals surface area (Å²) >= 11 is 0. The van der Waals surface area contributed by atoms with Crippen LogP contribution in [0.1, 0.15) is 38.4 Å². The van der Waals surface area contributed by atoms with Crippen LogP contribution in [-0.4, -0.2) is 17.7 Å². The number of H-pyrrole nitrogens is 1. The quantitative estimate of drug-likeness (QED) is 0.825. The molecule has 5 heteroatoms. The lowest BCUT2D eigenvalue weighted by Gasteiger charge is -2.47. The third-order valence-corrected chi connectivity index (χ3v) is 4.71. The molecule has 0 fully saturated rings. The Morgan fingerprint density at radius 2 is 2.30 bits per heavy atom. The normalized spacial score (nSPS) is 27.2. The number of alkyl carbamates (subject to hydrolysis) is 1. The van der Waals surface area contributed by atoms with E-state index in [2.05, 4.69) is 29.4 Å². The van der Waals surface area contributed by atoms with Crippen molar-refractivity contribution in [2.75, 3.05) is 6.61 Å². The Balaban J connectivity index is 2.19. The predicted octanol–water partition coefficient (Wildman–Crippen LogP) is 2.78. The maximum atomic E-state index is 12.2. The van der Waals surface area contributed by atoms with Gasteiger partial charge in [-0.3, -0.25) is 4.79 Å². The van der Waals surface area contributed by atoms with Gasteiger partial charge in [-0.25, -0.2) is 4.79 Å². The molecular weight excluding hydrogens is 292 g/mol. The Kier molecular flexibility index (Phi) is 3.88. The van der Waals surface area contributed by atoms with Gasteiger partial charge < -0.3 is 15.0 Å². The van der Waals surface area contributed by atoms with Crippen LogP contribution < -0.4 is 10.9 Å². The topological polar surface area (TPSA) is 71.2 Å². The van der Waals surface area contributed by atoms with Crippen LogP contribution in [0.3, 0.4) is 0 Å². The van der Waals surface area contributed by atoms with E-state index >= 15 is 0 Å². The summed E-state index contributed by atoms with van der Waals surface area (Å²) < 4.78 is 5.13. The molecule has 5 nitrogen and oxygen atoms in total. The molecule has 0 aromatic carbocycles. The van der Waals surface area contributed by atoms with Crippen molar-refractivity contribution in [1.82, 2.24) is 10.3 Å². The predicted molar refractivity (Wildman–Crippen MR) is 88.2 cm³/mol. The molecule has 2 atom stereocenters. The van der Waals surface area contributed by atoms with Gasteiger partial charge in [0, 0.05) is 23.2 Å². The highest BCUT2D eigenvalue weighted by atomic mass is 16.5. The number of aromatic amines is 1. The largest absolute Gasteiger partial charge is 0.450 e. The smallest absolute Gasteiger partial charge is 0.408 e. The lowest BCUT2D eigenvalue weighted by Crippen LogP contribution is -2.53. The minimum Gasteiger partial charge on any atom is -0.450 e. The van der Waals surface area contributed by atoms with Crippen LogP contribution >= 0.6 is 0 Å². The van der Waals surface area contributed by atoms with Crippen LogP contribution in [0.25, 0.3) is 0 Å². The summed E-state index contributed by atoms with van der Waals surface area (Å²) in [6, 6.07) is 3.35. The van der Waals surface area contributed by atoms with E-state index in [9.17, 15) is 9.59 Å². The highest BCUT2D eigenvalue weighted by Crippen LogP contribution is 2.49. The molecule has 0 unspecified atom stereocenters. The number of aromatic nitrogens is 1. The molecule has 0 aliphatic heterocycles. The fraction of sp³-hybridized carbons (Fsp3) is 0.444. The van der Waals surface area contributed by atoms with Crippen LogP contribution in [0.2, 0.25) is 0 Å². The van der Waals surface area contributed by atoms with E-state index in [1.807, 2.05) is 13.0 Å². The highest BCUT2D eigenvalue weighted by Gasteiger charge is 2.48. The molecule has 1 amide bonds. The molecule has 2 aliphatic carbocycles. The number of carbonyl (C=O) groups is 1. The average Bonchev–Trinajstić information content (AvgIpc) is 2.46. The SMILES string of the molecule is CC=C1[C@H]2C=C(C)C[C@]1(NC(=O)OCC)c1ccc(=O)[nH]c1C2. The van der Waals surface area contributed by atoms with Crippen molar-refractivity contribution in [3.05, 3.63) is 57.0 Å². The summed E-state index contributed by atoms with van der Waals surface area (Å²) in [7, 11) is 0. The summed E-state index contributed by atoms with van der Waals surface area (Å²) in [5, 5.41) is 3.08. The number of carbonyl (C=O) groups excluding carboxylic acids is 1. The number of fused-ring (bicyclic) bond motifs is 4. The molecular formula is C18H22N2O3. The van der Waals surface area contributed by atoms with Gasteiger partial charge in [0.05, 0.1) is 12.1 Å². The fourth-order valence-electron chi connectivity index (χ4n) is 4.03. The Morgan fingerprint density at radius 1 is 1.52 bits per heavy atom. The second kappa shape index (κ2) is 5.72. The zero-order valence-electron chi connectivity index (χ0n) is 13.7. The Morgan fingerprint density at radius 3 is 3.00 bits per heavy atom. The number of rotatable bonds is 2. The summed E-state index contributed by atoms with van der Waals surface area (Å²) in [5.74, 6) is 0.182. The zero-order chi connectivity index (χ0) is 16.6. The van der Waals surface area contributed by atoms with Gasteiger partial charge in [0.25, 0.3) is 0 Å². The van der Waals surface area contributed by atoms with Gasteiger partial charge in [-0.2, -0.15) is 0 Å². The molecule has 2 N–H and O–H groups in total. The van der Waals surface area contributed by atoms with Gasteiger partial charge in [0.15, 0.2) is 0 Å². The summed E-state index contributed by atoms with van der Waals surface area (Å²) in [6.07, 6.45) is 5.30. The van der Waals surface area contributed by atoms with E-state index < -0.39 is 11.6 Å². The van der Waals surface area contributed by atoms with Crippen LogP contribution in [0, 0.1) is 5.92 Å². The fourth-order valence-corrected chi connectivity index (χ4v) is 4.03. The van der Waals surface area contributed by atoms with Gasteiger partial charge in [-0.05, 0) is 45.3 Å². The molecule has 0 saturated carbocycles. The van der Waals surface area contributed by atoms with E-state index in [-0.39, 0.29) is 11.5 Å². The number of hydrogen-bond acceptors (Lipinski definition) is 3. The van der Waals surface area contributed by atoms with E-state index in [1.54, 1.807) is 6.92 Å². The number of allylic oxidation sites excluding steroid dienone is 2. The van der Waals surface area contributed by atoms with Crippen molar-refractivity contribution < 1.29 is 9.53 Å². The summed E-state index contributed by atoms with van der Waals surface area (Å²) in [6.45, 7) is 6.19. The first-order valence-corrected chi connectivity index (χ1v) is 8.01. The molecule has 122 valence electrons. The average molecular weight is 314 g/mol. The van der Waals surface area contributed by atoms with Gasteiger partial charge in [0.1, 0.15) is 0 Å². The minimum atomic E-state index is -0.637. The number of hydrogen-bond donors (Lipinski definition) is 2. The van der Waals surface area contributed by atoms with Crippen molar-refractivity contribution in [2.24, 2.45) is 5.92 Å². The Bertz CT molecular complexity index is 760. The molecule has 0 saturated heterocycles. The molecule has 2 bridgehead atoms. The third-order valence-electron chi connectivity index (χ3n) is 4.71. The molecule has 3 rings (SSSR count). The molecule has 0 radical (unpaired) electrons. The maximum absolute atomic E-state index is 12.2. The van der Waals surface area contributed by atoms with Gasteiger partial charge in [-0.1, -0.05) is 17.7 Å². The molecule has 1 heterocycles. The number of ether oxygens (including phenoxy) is 1. The van der Waals surface area contributed by atoms with E-state index in [1.165, 1.54) is 11.6 Å². The number of amides is 1. The molecule has 0 spiro atoms. The first-order valence-electron chi connectivity index (χ1n) is 8.01. The molecule has 2 aliphatic rings. The van der Waals surface area contributed by atoms with E-state index in [0.717, 1.165) is 23.3 Å². The van der Waals surface area contributed by atoms with Crippen molar-refractivity contribution in [3.8, 4) is 0 Å². The second-order valence-corrected chi connectivity index (χ2v) is 6.21. The zero-order valence-corrected chi connectivity index (χ0v) is 13.7.